The van der Waals surface area contributed by atoms with Crippen molar-refractivity contribution in [1.82, 2.24) is 0 Å². The molecule has 0 fully saturated rings. The molecule has 48 heavy (non-hydrogen) atoms. The molecule has 1 amide bonds. The summed E-state index contributed by atoms with van der Waals surface area (Å²) in [7, 11) is -2.16. The Kier molecular flexibility index (Phi) is 14.1. The second-order valence-corrected chi connectivity index (χ2v) is 13.6. The summed E-state index contributed by atoms with van der Waals surface area (Å²) < 4.78 is 27.6. The standard InChI is InChI=1S/C39H38NO5S.Na.H2O/c1-39(2,3)23-22-27-10-14-29(15-11-27)34(25-28-12-16-30(17-13-28)35(41)8-6-24-46(43)44)38(42)40-33-20-18-31(19-21-33)37-26-32-7-4-5-9-36(32)45-37;;/h4-5,7,9-23,26,34H,6,8,24-25H2,1-3H3,(H,40,42);;1H2/q-1;+1;/p-1/b23-22+;;/t34-;;/m1../s1. The number of Topliss-reactive ketones (excluding diaryl/α,β-unsaturated/α-hetero) is 1. The number of nitrogens with one attached hydrogen (secondary N) is 1. The summed E-state index contributed by atoms with van der Waals surface area (Å²) in [6.07, 6.45) is 5.14. The average Bonchev–Trinajstić information content (AvgIpc) is 3.47. The van der Waals surface area contributed by atoms with Gasteiger partial charge in [-0.05, 0) is 64.9 Å². The monoisotopic (exact) mass is 672 g/mol. The van der Waals surface area contributed by atoms with Gasteiger partial charge < -0.3 is 23.6 Å². The van der Waals surface area contributed by atoms with E-state index in [-0.39, 0.29) is 64.3 Å². The third kappa shape index (κ3) is 10.9. The first-order valence-electron chi connectivity index (χ1n) is 15.4. The maximum absolute atomic E-state index is 13.8. The van der Waals surface area contributed by atoms with E-state index >= 15 is 0 Å². The van der Waals surface area contributed by atoms with Crippen molar-refractivity contribution < 1.29 is 57.5 Å². The Bertz CT molecular complexity index is 1880. The van der Waals surface area contributed by atoms with Crippen molar-refractivity contribution in [2.75, 3.05) is 11.1 Å². The summed E-state index contributed by atoms with van der Waals surface area (Å²) in [6, 6.07) is 32.8. The van der Waals surface area contributed by atoms with Crippen molar-refractivity contribution in [2.24, 2.45) is 5.41 Å². The van der Waals surface area contributed by atoms with Gasteiger partial charge in [-0.25, -0.2) is 0 Å². The number of amides is 1. The van der Waals surface area contributed by atoms with Crippen molar-refractivity contribution in [2.45, 2.75) is 46.0 Å². The third-order valence-corrected chi connectivity index (χ3v) is 8.35. The van der Waals surface area contributed by atoms with Crippen LogP contribution < -0.4 is 34.9 Å². The summed E-state index contributed by atoms with van der Waals surface area (Å²) in [5, 5.41) is 4.13. The number of furan rings is 1. The van der Waals surface area contributed by atoms with Gasteiger partial charge in [-0.1, -0.05) is 123 Å². The zero-order chi connectivity index (χ0) is 32.7. The van der Waals surface area contributed by atoms with Crippen LogP contribution in [0.2, 0.25) is 0 Å². The summed E-state index contributed by atoms with van der Waals surface area (Å²) in [6.45, 7) is 6.44. The second-order valence-electron chi connectivity index (χ2n) is 12.6. The molecular formula is C39H39NNaO6S-. The molecular weight excluding hydrogens is 633 g/mol. The van der Waals surface area contributed by atoms with E-state index in [2.05, 4.69) is 38.2 Å². The molecule has 0 aliphatic carbocycles. The first-order valence-corrected chi connectivity index (χ1v) is 16.7. The number of carbonyl (C=O) groups is 2. The smallest absolute Gasteiger partial charge is 0.870 e. The number of rotatable bonds is 12. The van der Waals surface area contributed by atoms with Crippen molar-refractivity contribution in [3.8, 4) is 11.3 Å². The van der Waals surface area contributed by atoms with Crippen molar-refractivity contribution in [3.63, 3.8) is 0 Å². The van der Waals surface area contributed by atoms with E-state index in [1.165, 1.54) is 0 Å². The molecule has 0 bridgehead atoms. The molecule has 5 rings (SSSR count). The molecule has 0 aliphatic rings. The topological polar surface area (TPSA) is 123 Å². The fourth-order valence-electron chi connectivity index (χ4n) is 5.18. The van der Waals surface area contributed by atoms with E-state index in [0.29, 0.717) is 24.1 Å². The molecule has 2 N–H and O–H groups in total. The quantitative estimate of drug-likeness (QED) is 0.0954. The second kappa shape index (κ2) is 17.6. The van der Waals surface area contributed by atoms with E-state index in [4.69, 9.17) is 4.42 Å². The normalized spacial score (nSPS) is 12.0. The maximum atomic E-state index is 13.8. The molecule has 1 heterocycles. The predicted octanol–water partition coefficient (Wildman–Crippen LogP) is 6.22. The number of ketones is 1. The van der Waals surface area contributed by atoms with E-state index in [0.717, 1.165) is 39.0 Å². The average molecular weight is 673 g/mol. The van der Waals surface area contributed by atoms with Crippen LogP contribution in [0.25, 0.3) is 28.4 Å². The van der Waals surface area contributed by atoms with Gasteiger partial charge in [0.25, 0.3) is 0 Å². The van der Waals surface area contributed by atoms with Crippen molar-refractivity contribution in [1.29, 1.82) is 0 Å². The van der Waals surface area contributed by atoms with Gasteiger partial charge in [0, 0.05) is 28.6 Å². The Hall–Kier alpha value is -3.79. The fraction of sp³-hybridized carbons (Fsp3) is 0.231. The molecule has 0 saturated carbocycles. The SMILES string of the molecule is CC(C)(C)/C=C/c1ccc([C@@H](Cc2ccc(C(=O)CCC[S-](=O)=O)cc2)C(=O)Nc2ccc(-c3cc4ccccc4o3)cc2)cc1.[Na+].[OH-]. The first kappa shape index (κ1) is 38.7. The molecule has 1 atom stereocenters. The Labute approximate surface area is 306 Å². The van der Waals surface area contributed by atoms with Gasteiger partial charge in [-0.2, -0.15) is 0 Å². The van der Waals surface area contributed by atoms with Crippen LogP contribution in [0.4, 0.5) is 5.69 Å². The maximum Gasteiger partial charge on any atom is 1.00 e. The fourth-order valence-corrected chi connectivity index (χ4v) is 5.56. The van der Waals surface area contributed by atoms with Gasteiger partial charge in [0.1, 0.15) is 11.3 Å². The number of para-hydroxylation sites is 1. The molecule has 4 aromatic carbocycles. The van der Waals surface area contributed by atoms with Gasteiger partial charge >= 0.3 is 29.6 Å². The summed E-state index contributed by atoms with van der Waals surface area (Å²) in [4.78, 5) is 26.4. The molecule has 0 unspecified atom stereocenters. The minimum atomic E-state index is -2.16. The number of benzene rings is 4. The zero-order valence-corrected chi connectivity index (χ0v) is 30.6. The minimum absolute atomic E-state index is 0. The number of fused-ring (bicyclic) bond motifs is 1. The van der Waals surface area contributed by atoms with Gasteiger partial charge in [0.05, 0.1) is 5.92 Å². The van der Waals surface area contributed by atoms with Crippen LogP contribution in [-0.4, -0.2) is 22.9 Å². The molecule has 7 nitrogen and oxygen atoms in total. The van der Waals surface area contributed by atoms with Crippen LogP contribution in [0.15, 0.2) is 114 Å². The number of hydrogen-bond acceptors (Lipinski definition) is 7. The summed E-state index contributed by atoms with van der Waals surface area (Å²) >= 11 is 0. The molecule has 5 aromatic rings. The zero-order valence-electron chi connectivity index (χ0n) is 27.8. The molecule has 0 spiro atoms. The van der Waals surface area contributed by atoms with Crippen LogP contribution in [0.1, 0.15) is 66.6 Å². The molecule has 9 heteroatoms. The number of hydrogen-bond donors (Lipinski definition) is 1. The summed E-state index contributed by atoms with van der Waals surface area (Å²) in [5.41, 5.74) is 5.86. The number of anilines is 1. The Morgan fingerprint density at radius 2 is 1.54 bits per heavy atom. The Morgan fingerprint density at radius 3 is 2.17 bits per heavy atom. The van der Waals surface area contributed by atoms with Crippen LogP contribution >= 0.6 is 0 Å². The minimum Gasteiger partial charge on any atom is -0.870 e. The predicted molar refractivity (Wildman–Crippen MR) is 187 cm³/mol. The van der Waals surface area contributed by atoms with Crippen LogP contribution in [0.5, 0.6) is 0 Å². The number of carbonyl (C=O) groups excluding carboxylic acids is 2. The third-order valence-electron chi connectivity index (χ3n) is 7.72. The Balaban J connectivity index is 0.00000312. The van der Waals surface area contributed by atoms with Crippen molar-refractivity contribution >= 4 is 45.1 Å². The largest absolute Gasteiger partial charge is 1.00 e. The van der Waals surface area contributed by atoms with E-state index in [9.17, 15) is 18.0 Å². The van der Waals surface area contributed by atoms with E-state index in [1.807, 2.05) is 91.0 Å². The van der Waals surface area contributed by atoms with Crippen molar-refractivity contribution in [3.05, 3.63) is 131 Å². The van der Waals surface area contributed by atoms with Crippen LogP contribution in [0, 0.1) is 5.41 Å². The molecule has 0 radical (unpaired) electrons. The number of allylic oxidation sites excluding steroid dienone is 1. The molecule has 244 valence electrons. The first-order chi connectivity index (χ1) is 22.0. The van der Waals surface area contributed by atoms with Gasteiger partial charge in [-0.15, -0.1) is 0 Å². The van der Waals surface area contributed by atoms with Gasteiger partial charge in [-0.3, -0.25) is 9.59 Å². The Morgan fingerprint density at radius 1 is 0.875 bits per heavy atom. The van der Waals surface area contributed by atoms with Crippen LogP contribution in [0.3, 0.4) is 0 Å². The molecule has 1 aromatic heterocycles. The molecule has 0 aliphatic heterocycles. The van der Waals surface area contributed by atoms with Crippen LogP contribution in [-0.2, 0) is 30.3 Å². The van der Waals surface area contributed by atoms with Gasteiger partial charge in [0.15, 0.2) is 5.78 Å². The van der Waals surface area contributed by atoms with E-state index < -0.39 is 16.6 Å². The summed E-state index contributed by atoms with van der Waals surface area (Å²) in [5.74, 6) is 0.00858. The molecule has 0 saturated heterocycles. The van der Waals surface area contributed by atoms with E-state index in [1.54, 1.807) is 12.1 Å². The van der Waals surface area contributed by atoms with Gasteiger partial charge in [0.2, 0.25) is 5.91 Å².